The number of thiazole rings is 3. The first kappa shape index (κ1) is 109. The van der Waals surface area contributed by atoms with Crippen molar-refractivity contribution in [2.75, 3.05) is 33.9 Å². The standard InChI is InChI=1S/C34H48N2O6S.C33H46N2O6S.C23H31N3O3S.C10H18O4/c1-23-32(43-22-35-23)25-16-13-24(14-17-25)15-18-30(39)29-20-27(38)21-36(29)33(41)28(34(2,3)4)19-26(37)11-9-7-6-8-10-12-31(40)42-5;1-22-31(42-21-34-22)24-15-12-23(13-16-24)14-17-29(38)28-19-26(37)20-35(28)32(41)27(33(2,3)4)18-25(36)10-8-6-5-7-9-11-30(39)40;1-14-20(30-13-25-14)16-8-5-15(6-9-16)7-10-19(28)18-11-17(27)12-26(18)22(29)21(24)23(2,3)4;1-14-10(13)8-6-4-2-3-5-7-9(11)12/h13-14,16-17,22,27-29,38H,6-12,15,18-21H2,1-5H3;12-13,15-16,21,26-28,37H,5-11,14,17-20H2,1-4H3,(H,39,40);5-6,8-9,13,17-18,21,27H,7,10-12,24H2,1-4H3;2-8H2,1H3,(H,11,12)/t27-,28-,29+;26-,27-,28+;17-,18+,21-;/m111./s1. The lowest BCUT2D eigenvalue weighted by Crippen LogP contribution is -2.53. The molecular formula is C100H143N7O19S3. The molecule has 6 aromatic rings. The smallest absolute Gasteiger partial charge is 0.305 e. The number of amides is 3. The number of carbonyl (C=O) groups is 12. The third-order valence-electron chi connectivity index (χ3n) is 24.3. The number of hydrogen-bond donors (Lipinski definition) is 6. The summed E-state index contributed by atoms with van der Waals surface area (Å²) in [7, 11) is 2.77. The van der Waals surface area contributed by atoms with Crippen LogP contribution in [0.2, 0.25) is 0 Å². The number of methoxy groups -OCH3 is 2. The van der Waals surface area contributed by atoms with Crippen molar-refractivity contribution >= 4 is 105 Å². The number of esters is 2. The van der Waals surface area contributed by atoms with E-state index in [4.69, 9.17) is 15.9 Å². The highest BCUT2D eigenvalue weighted by atomic mass is 32.1. The van der Waals surface area contributed by atoms with Crippen LogP contribution in [0.4, 0.5) is 0 Å². The molecule has 0 unspecified atom stereocenters. The third kappa shape index (κ3) is 37.0. The highest BCUT2D eigenvalue weighted by Gasteiger charge is 2.47. The molecule has 3 fully saturated rings. The molecule has 3 saturated heterocycles. The lowest BCUT2D eigenvalue weighted by molar-refractivity contribution is -0.146. The maximum Gasteiger partial charge on any atom is 0.305 e. The maximum absolute atomic E-state index is 13.8. The second-order valence-corrected chi connectivity index (χ2v) is 40.5. The molecular weight excluding hydrogens is 1700 g/mol. The van der Waals surface area contributed by atoms with Crippen LogP contribution < -0.4 is 5.73 Å². The van der Waals surface area contributed by atoms with Gasteiger partial charge in [0.2, 0.25) is 17.7 Å². The van der Waals surface area contributed by atoms with Crippen molar-refractivity contribution in [1.82, 2.24) is 29.7 Å². The number of β-amino-alcohol motifs (C(OH)–C–C–N with tert-alkyl or cyclic N) is 3. The van der Waals surface area contributed by atoms with Gasteiger partial charge in [-0.3, -0.25) is 57.5 Å². The van der Waals surface area contributed by atoms with Gasteiger partial charge in [-0.25, -0.2) is 15.0 Å². The molecule has 3 aliphatic heterocycles. The molecule has 129 heavy (non-hydrogen) atoms. The van der Waals surface area contributed by atoms with Crippen LogP contribution in [0, 0.1) is 48.9 Å². The van der Waals surface area contributed by atoms with E-state index in [1.165, 1.54) is 28.9 Å². The van der Waals surface area contributed by atoms with Crippen LogP contribution in [0.15, 0.2) is 89.3 Å². The van der Waals surface area contributed by atoms with Gasteiger partial charge in [0.1, 0.15) is 11.6 Å². The zero-order valence-corrected chi connectivity index (χ0v) is 81.0. The minimum absolute atomic E-state index is 0.0217. The largest absolute Gasteiger partial charge is 0.481 e. The van der Waals surface area contributed by atoms with Gasteiger partial charge in [0.15, 0.2) is 17.3 Å². The monoisotopic (exact) mass is 1840 g/mol. The molecule has 3 aromatic heterocycles. The van der Waals surface area contributed by atoms with Crippen molar-refractivity contribution in [3.63, 3.8) is 0 Å². The van der Waals surface area contributed by atoms with E-state index >= 15 is 0 Å². The van der Waals surface area contributed by atoms with Gasteiger partial charge >= 0.3 is 23.9 Å². The SMILES string of the molecule is COC(=O)CCCCCCCC(=O)C[C@H](C(=O)N1C[C@H](O)C[C@H]1C(=O)CCc1ccc(-c2scnc2C)cc1)C(C)(C)C.COC(=O)CCCCCCCC(=O)O.Cc1ncsc1-c1ccc(CCC(=O)[C@@H]2C[C@@H](O)CN2C(=O)[C@@H](CC(=O)CCCCCCCC(=O)O)C(C)(C)C)cc1.Cc1ncsc1-c1ccc(CCC(=O)[C@@H]2C[C@@H](O)CN2C(=O)[C@@H](N)C(C)(C)C)cc1. The fourth-order valence-electron chi connectivity index (χ4n) is 16.3. The van der Waals surface area contributed by atoms with E-state index in [1.807, 2.05) is 160 Å². The molecule has 0 spiro atoms. The maximum atomic E-state index is 13.8. The Balaban J connectivity index is 0.000000280. The van der Waals surface area contributed by atoms with Gasteiger partial charge in [0, 0.05) is 121 Å². The van der Waals surface area contributed by atoms with Gasteiger partial charge in [0.05, 0.1) is 105 Å². The minimum Gasteiger partial charge on any atom is -0.481 e. The summed E-state index contributed by atoms with van der Waals surface area (Å²) in [4.78, 5) is 169. The number of rotatable bonds is 46. The Morgan fingerprint density at radius 3 is 0.876 bits per heavy atom. The number of aliphatic hydroxyl groups excluding tert-OH is 3. The molecule has 9 rings (SSSR count). The summed E-state index contributed by atoms with van der Waals surface area (Å²) in [5.41, 5.74) is 19.7. The first-order chi connectivity index (χ1) is 61.0. The van der Waals surface area contributed by atoms with Crippen molar-refractivity contribution in [2.24, 2.45) is 33.8 Å². The highest BCUT2D eigenvalue weighted by molar-refractivity contribution is 7.14. The number of nitrogens with zero attached hydrogens (tertiary/aromatic N) is 6. The number of benzene rings is 3. The fourth-order valence-corrected chi connectivity index (χ4v) is 18.7. The Morgan fingerprint density at radius 1 is 0.380 bits per heavy atom. The summed E-state index contributed by atoms with van der Waals surface area (Å²) in [6.45, 7) is 23.7. The van der Waals surface area contributed by atoms with Crippen molar-refractivity contribution in [3.8, 4) is 31.3 Å². The number of aliphatic carboxylic acids is 2. The van der Waals surface area contributed by atoms with Gasteiger partial charge in [-0.15, -0.1) is 34.0 Å². The van der Waals surface area contributed by atoms with Gasteiger partial charge in [0.25, 0.3) is 0 Å². The van der Waals surface area contributed by atoms with Crippen molar-refractivity contribution in [3.05, 3.63) is 123 Å². The van der Waals surface area contributed by atoms with Crippen LogP contribution in [-0.2, 0) is 86.3 Å². The van der Waals surface area contributed by atoms with Crippen molar-refractivity contribution in [2.45, 2.75) is 331 Å². The Labute approximate surface area is 775 Å². The van der Waals surface area contributed by atoms with Crippen LogP contribution in [0.3, 0.4) is 0 Å². The molecule has 0 bridgehead atoms. The average Bonchev–Trinajstić information content (AvgIpc) is 1.69. The molecule has 0 aliphatic carbocycles. The Kier molecular flexibility index (Phi) is 45.6. The number of aliphatic hydroxyl groups is 3. The molecule has 3 aliphatic rings. The number of ketones is 5. The van der Waals surface area contributed by atoms with E-state index in [2.05, 4.69) is 36.6 Å². The number of hydrogen-bond acceptors (Lipinski definition) is 24. The van der Waals surface area contributed by atoms with E-state index in [-0.39, 0.29) is 136 Å². The van der Waals surface area contributed by atoms with E-state index in [0.29, 0.717) is 64.2 Å². The number of Topliss-reactive ketones (excluding diaryl/α,β-unsaturated/α-hetero) is 5. The summed E-state index contributed by atoms with van der Waals surface area (Å²) in [5, 5.41) is 48.1. The van der Waals surface area contributed by atoms with Crippen LogP contribution in [0.1, 0.15) is 282 Å². The average molecular weight is 1840 g/mol. The summed E-state index contributed by atoms with van der Waals surface area (Å²) < 4.78 is 9.15. The number of carbonyl (C=O) groups excluding carboxylic acids is 10. The van der Waals surface area contributed by atoms with Gasteiger partial charge in [-0.1, -0.05) is 193 Å². The number of unbranched alkanes of at least 4 members (excludes halogenated alkanes) is 12. The first-order valence-electron chi connectivity index (χ1n) is 45.9. The molecule has 6 heterocycles. The third-order valence-corrected chi connectivity index (χ3v) is 27.3. The second kappa shape index (κ2) is 54.1. The summed E-state index contributed by atoms with van der Waals surface area (Å²) >= 11 is 4.81. The molecule has 710 valence electrons. The summed E-state index contributed by atoms with van der Waals surface area (Å²) in [5.74, 6) is -3.83. The first-order valence-corrected chi connectivity index (χ1v) is 48.5. The Morgan fingerprint density at radius 2 is 0.636 bits per heavy atom. The topological polar surface area (TPSA) is 399 Å². The molecule has 0 saturated carbocycles. The van der Waals surface area contributed by atoms with Crippen LogP contribution in [0.25, 0.3) is 31.3 Å². The summed E-state index contributed by atoms with van der Waals surface area (Å²) in [6.07, 6.45) is 16.1. The predicted octanol–water partition coefficient (Wildman–Crippen LogP) is 17.1. The second-order valence-electron chi connectivity index (χ2n) is 37.9. The fraction of sp³-hybridized carbons (Fsp3) is 0.610. The van der Waals surface area contributed by atoms with Gasteiger partial charge in [-0.2, -0.15) is 0 Å². The molecule has 9 atom stereocenters. The van der Waals surface area contributed by atoms with Crippen molar-refractivity contribution < 1.29 is 92.5 Å². The Bertz CT molecular complexity index is 4580. The molecule has 7 N–H and O–H groups in total. The predicted molar refractivity (Wildman–Crippen MR) is 504 cm³/mol. The lowest BCUT2D eigenvalue weighted by atomic mass is 9.76. The Hall–Kier alpha value is -8.97. The van der Waals surface area contributed by atoms with Crippen LogP contribution in [-0.4, -0.2) is 202 Å². The normalized spacial score (nSPS) is 17.5. The molecule has 0 radical (unpaired) electrons. The number of aromatic nitrogens is 3. The zero-order chi connectivity index (χ0) is 95.3. The van der Waals surface area contributed by atoms with Gasteiger partial charge < -0.3 is 55.4 Å². The quantitative estimate of drug-likeness (QED) is 0.0153. The molecule has 3 amide bonds. The molecule has 29 heteroatoms. The number of ether oxygens (including phenoxy) is 2. The van der Waals surface area contributed by atoms with E-state index < -0.39 is 82.5 Å². The van der Waals surface area contributed by atoms with Gasteiger partial charge in [-0.05, 0) is 128 Å². The molecule has 26 nitrogen and oxygen atoms in total. The number of carboxylic acids is 2. The van der Waals surface area contributed by atoms with Crippen LogP contribution >= 0.6 is 34.0 Å². The molecule has 3 aromatic carbocycles. The lowest BCUT2D eigenvalue weighted by Gasteiger charge is -2.34. The number of likely N-dealkylation sites (tertiary alicyclic amines) is 3. The van der Waals surface area contributed by atoms with Crippen LogP contribution in [0.5, 0.6) is 0 Å². The zero-order valence-electron chi connectivity index (χ0n) is 78.5. The number of nitrogens with two attached hydrogens (primary N) is 1. The minimum atomic E-state index is -0.787. The van der Waals surface area contributed by atoms with E-state index in [9.17, 15) is 72.9 Å². The number of carboxylic acid groups (broad SMARTS) is 2. The van der Waals surface area contributed by atoms with E-state index in [1.54, 1.807) is 34.0 Å². The highest BCUT2D eigenvalue weighted by Crippen LogP contribution is 2.39. The van der Waals surface area contributed by atoms with Crippen molar-refractivity contribution in [1.29, 1.82) is 0 Å². The van der Waals surface area contributed by atoms with E-state index in [0.717, 1.165) is 149 Å². The number of aryl methyl sites for hydroxylation is 6. The summed E-state index contributed by atoms with van der Waals surface area (Å²) in [6, 6.07) is 21.8.